The zero-order valence-corrected chi connectivity index (χ0v) is 22.5. The highest BCUT2D eigenvalue weighted by Crippen LogP contribution is 2.37. The van der Waals surface area contributed by atoms with Gasteiger partial charge in [0.25, 0.3) is 5.91 Å². The lowest BCUT2D eigenvalue weighted by Crippen LogP contribution is -2.57. The van der Waals surface area contributed by atoms with Crippen LogP contribution in [-0.4, -0.2) is 84.7 Å². The molecule has 0 bridgehead atoms. The van der Waals surface area contributed by atoms with E-state index in [9.17, 15) is 39.9 Å². The second-order valence-electron chi connectivity index (χ2n) is 10.7. The molecule has 226 valence electrons. The van der Waals surface area contributed by atoms with Crippen molar-refractivity contribution in [2.75, 3.05) is 45.8 Å². The Bertz CT molecular complexity index is 1190. The molecule has 0 N–H and O–H groups in total. The number of morpholine rings is 1. The summed E-state index contributed by atoms with van der Waals surface area (Å²) >= 11 is 0. The molecule has 0 spiro atoms. The van der Waals surface area contributed by atoms with Gasteiger partial charge in [-0.25, -0.2) is 8.78 Å². The molecule has 5 nitrogen and oxygen atoms in total. The zero-order chi connectivity index (χ0) is 30.1. The molecule has 0 radical (unpaired) electrons. The summed E-state index contributed by atoms with van der Waals surface area (Å²) in [6, 6.07) is 3.33. The molecule has 13 heteroatoms. The number of rotatable bonds is 6. The predicted molar refractivity (Wildman–Crippen MR) is 134 cm³/mol. The Labute approximate surface area is 232 Å². The Balaban J connectivity index is 1.58. The fourth-order valence-corrected chi connectivity index (χ4v) is 5.50. The van der Waals surface area contributed by atoms with E-state index in [1.54, 1.807) is 0 Å². The molecule has 0 aromatic heterocycles. The van der Waals surface area contributed by atoms with Crippen molar-refractivity contribution in [2.45, 2.75) is 50.9 Å². The highest BCUT2D eigenvalue weighted by atomic mass is 19.4. The third-order valence-electron chi connectivity index (χ3n) is 7.35. The van der Waals surface area contributed by atoms with Crippen molar-refractivity contribution < 1.29 is 44.7 Å². The van der Waals surface area contributed by atoms with Crippen LogP contribution in [0.5, 0.6) is 0 Å². The van der Waals surface area contributed by atoms with Gasteiger partial charge >= 0.3 is 12.4 Å². The smallest absolute Gasteiger partial charge is 0.373 e. The van der Waals surface area contributed by atoms with E-state index in [1.165, 1.54) is 11.0 Å². The third-order valence-corrected chi connectivity index (χ3v) is 7.35. The summed E-state index contributed by atoms with van der Waals surface area (Å²) in [6.45, 7) is 7.30. The summed E-state index contributed by atoms with van der Waals surface area (Å²) in [6.07, 6.45) is -10.1. The summed E-state index contributed by atoms with van der Waals surface area (Å²) in [7, 11) is 0. The van der Waals surface area contributed by atoms with E-state index in [2.05, 4.69) is 4.90 Å². The highest BCUT2D eigenvalue weighted by molar-refractivity contribution is 5.95. The summed E-state index contributed by atoms with van der Waals surface area (Å²) in [4.78, 5) is 19.0. The first kappa shape index (κ1) is 31.2. The van der Waals surface area contributed by atoms with E-state index >= 15 is 0 Å². The summed E-state index contributed by atoms with van der Waals surface area (Å²) in [5.74, 6) is -3.16. The number of nitrogens with zero attached hydrogens (tertiary/aromatic N) is 3. The maximum Gasteiger partial charge on any atom is 0.416 e. The minimum Gasteiger partial charge on any atom is -0.373 e. The van der Waals surface area contributed by atoms with Crippen molar-refractivity contribution in [3.05, 3.63) is 70.3 Å². The van der Waals surface area contributed by atoms with Crippen LogP contribution in [0.1, 0.15) is 40.9 Å². The maximum absolute atomic E-state index is 13.9. The quantitative estimate of drug-likeness (QED) is 0.416. The Morgan fingerprint density at radius 3 is 1.95 bits per heavy atom. The van der Waals surface area contributed by atoms with Crippen LogP contribution in [-0.2, 0) is 23.5 Å². The molecule has 2 aliphatic rings. The van der Waals surface area contributed by atoms with Crippen molar-refractivity contribution in [2.24, 2.45) is 0 Å². The average molecular weight is 594 g/mol. The lowest BCUT2D eigenvalue weighted by Gasteiger charge is -2.43. The summed E-state index contributed by atoms with van der Waals surface area (Å²) in [5, 5.41) is 0. The monoisotopic (exact) mass is 593 g/mol. The Hall–Kier alpha value is -2.77. The minimum absolute atomic E-state index is 0.0240. The van der Waals surface area contributed by atoms with Crippen molar-refractivity contribution >= 4 is 5.91 Å². The number of benzene rings is 2. The van der Waals surface area contributed by atoms with Crippen molar-refractivity contribution in [3.8, 4) is 0 Å². The van der Waals surface area contributed by atoms with E-state index < -0.39 is 52.6 Å². The van der Waals surface area contributed by atoms with Crippen LogP contribution >= 0.6 is 0 Å². The number of halogens is 8. The molecule has 0 unspecified atom stereocenters. The summed E-state index contributed by atoms with van der Waals surface area (Å²) < 4.78 is 114. The van der Waals surface area contributed by atoms with Gasteiger partial charge in [0.1, 0.15) is 0 Å². The van der Waals surface area contributed by atoms with Gasteiger partial charge in [-0.2, -0.15) is 26.3 Å². The minimum atomic E-state index is -5.10. The Morgan fingerprint density at radius 1 is 0.805 bits per heavy atom. The Morgan fingerprint density at radius 2 is 1.39 bits per heavy atom. The lowest BCUT2D eigenvalue weighted by molar-refractivity contribution is -0.143. The van der Waals surface area contributed by atoms with Gasteiger partial charge in [0.2, 0.25) is 0 Å². The molecule has 2 aromatic carbocycles. The fraction of sp³-hybridized carbons (Fsp3) is 0.536. The maximum atomic E-state index is 13.9. The van der Waals surface area contributed by atoms with Crippen LogP contribution < -0.4 is 0 Å². The molecule has 0 saturated carbocycles. The van der Waals surface area contributed by atoms with Crippen LogP contribution in [0.25, 0.3) is 0 Å². The summed E-state index contributed by atoms with van der Waals surface area (Å²) in [5.41, 5.74) is -3.57. The number of carbonyl (C=O) groups excluding carboxylic acids is 1. The topological polar surface area (TPSA) is 36.0 Å². The normalized spacial score (nSPS) is 23.2. The molecule has 0 aliphatic carbocycles. The van der Waals surface area contributed by atoms with Gasteiger partial charge in [-0.1, -0.05) is 6.07 Å². The number of hydrogen-bond donors (Lipinski definition) is 0. The third kappa shape index (κ3) is 7.95. The zero-order valence-electron chi connectivity index (χ0n) is 22.5. The average Bonchev–Trinajstić information content (AvgIpc) is 2.87. The van der Waals surface area contributed by atoms with Gasteiger partial charge < -0.3 is 9.64 Å². The lowest BCUT2D eigenvalue weighted by atomic mass is 9.99. The van der Waals surface area contributed by atoms with Gasteiger partial charge in [0, 0.05) is 57.4 Å². The molecule has 2 saturated heterocycles. The van der Waals surface area contributed by atoms with Crippen molar-refractivity contribution in [3.63, 3.8) is 0 Å². The first-order valence-corrected chi connectivity index (χ1v) is 13.2. The van der Waals surface area contributed by atoms with E-state index in [0.29, 0.717) is 37.3 Å². The number of carbonyl (C=O) groups is 1. The number of alkyl halides is 6. The molecule has 2 fully saturated rings. The number of hydrogen-bond acceptors (Lipinski definition) is 4. The van der Waals surface area contributed by atoms with Crippen molar-refractivity contribution in [1.82, 2.24) is 14.7 Å². The molecular weight excluding hydrogens is 562 g/mol. The number of amides is 1. The van der Waals surface area contributed by atoms with E-state index in [0.717, 1.165) is 25.2 Å². The Kier molecular flexibility index (Phi) is 9.29. The largest absolute Gasteiger partial charge is 0.416 e. The van der Waals surface area contributed by atoms with E-state index in [1.807, 2.05) is 18.7 Å². The molecule has 1 amide bonds. The van der Waals surface area contributed by atoms with Gasteiger partial charge in [-0.05, 0) is 56.2 Å². The van der Waals surface area contributed by atoms with Crippen LogP contribution in [0.2, 0.25) is 0 Å². The van der Waals surface area contributed by atoms with E-state index in [4.69, 9.17) is 4.74 Å². The van der Waals surface area contributed by atoms with Gasteiger partial charge in [0.05, 0.1) is 23.3 Å². The van der Waals surface area contributed by atoms with Crippen LogP contribution in [0, 0.1) is 11.6 Å². The predicted octanol–water partition coefficient (Wildman–Crippen LogP) is 5.48. The standard InChI is InChI=1S/C28H31F8N3O2/c1-17-14-38(15-18(2)41-17)6-5-37-7-8-39(23(16-37)9-19-3-4-24(29)25(30)10-19)26(40)20-11-21(27(31,32)33)13-22(12-20)28(34,35)36/h3-4,10-13,17-18,23H,5-9,14-16H2,1-2H3/t17-,18+,23-/m1/s1. The first-order chi connectivity index (χ1) is 19.1. The highest BCUT2D eigenvalue weighted by Gasteiger charge is 2.39. The van der Waals surface area contributed by atoms with Gasteiger partial charge in [-0.15, -0.1) is 0 Å². The molecule has 3 atom stereocenters. The SMILES string of the molecule is C[C@@H]1CN(CCN2CCN(C(=O)c3cc(C(F)(F)F)cc(C(F)(F)F)c3)[C@H](Cc3ccc(F)c(F)c3)C2)C[C@H](C)O1. The fourth-order valence-electron chi connectivity index (χ4n) is 5.50. The van der Waals surface area contributed by atoms with Crippen LogP contribution in [0.3, 0.4) is 0 Å². The molecule has 4 rings (SSSR count). The number of ether oxygens (including phenoxy) is 1. The van der Waals surface area contributed by atoms with Crippen LogP contribution in [0.15, 0.2) is 36.4 Å². The number of piperazine rings is 1. The van der Waals surface area contributed by atoms with Crippen LogP contribution in [0.4, 0.5) is 35.1 Å². The van der Waals surface area contributed by atoms with Gasteiger partial charge in [-0.3, -0.25) is 14.6 Å². The second-order valence-corrected chi connectivity index (χ2v) is 10.7. The van der Waals surface area contributed by atoms with Crippen molar-refractivity contribution in [1.29, 1.82) is 0 Å². The molecule has 41 heavy (non-hydrogen) atoms. The van der Waals surface area contributed by atoms with E-state index in [-0.39, 0.29) is 37.8 Å². The molecule has 2 aromatic rings. The first-order valence-electron chi connectivity index (χ1n) is 13.2. The molecular formula is C28H31F8N3O2. The van der Waals surface area contributed by atoms with Gasteiger partial charge in [0.15, 0.2) is 11.6 Å². The molecule has 2 aliphatic heterocycles. The second kappa shape index (κ2) is 12.2. The molecule has 2 heterocycles.